The van der Waals surface area contributed by atoms with Crippen molar-refractivity contribution in [3.8, 4) is 11.5 Å². The zero-order chi connectivity index (χ0) is 20.2. The predicted molar refractivity (Wildman–Crippen MR) is 117 cm³/mol. The molecule has 28 heavy (non-hydrogen) atoms. The lowest BCUT2D eigenvalue weighted by atomic mass is 10.0. The molecule has 1 aliphatic heterocycles. The molecule has 0 radical (unpaired) electrons. The number of rotatable bonds is 10. The minimum atomic E-state index is 0.739. The molecule has 0 aliphatic carbocycles. The van der Waals surface area contributed by atoms with Crippen molar-refractivity contribution in [2.24, 2.45) is 4.99 Å². The van der Waals surface area contributed by atoms with Gasteiger partial charge in [0.2, 0.25) is 0 Å². The molecule has 2 N–H and O–H groups in total. The number of aryl methyl sites for hydroxylation is 1. The standard InChI is InChI=1S/C22H38N4O2/c1-18-9-5-6-15-26(18)16-8-14-25-22(23-2)24-13-7-10-19-11-12-20(27-3)21(17-19)28-4/h11-12,17-18H,5-10,13-16H2,1-4H3,(H2,23,24,25). The SMILES string of the molecule is CN=C(NCCCc1ccc(OC)c(OC)c1)NCCCN1CCCCC1C. The van der Waals surface area contributed by atoms with E-state index in [4.69, 9.17) is 9.47 Å². The largest absolute Gasteiger partial charge is 0.493 e. The van der Waals surface area contributed by atoms with E-state index in [-0.39, 0.29) is 0 Å². The van der Waals surface area contributed by atoms with Crippen LogP contribution in [0, 0.1) is 0 Å². The number of hydrogen-bond acceptors (Lipinski definition) is 4. The average molecular weight is 391 g/mol. The normalized spacial score (nSPS) is 18.0. The second kappa shape index (κ2) is 12.5. The Kier molecular flexibility index (Phi) is 9.97. The number of methoxy groups -OCH3 is 2. The summed E-state index contributed by atoms with van der Waals surface area (Å²) >= 11 is 0. The van der Waals surface area contributed by atoms with E-state index in [1.807, 2.05) is 19.2 Å². The van der Waals surface area contributed by atoms with Crippen molar-refractivity contribution in [2.75, 3.05) is 47.4 Å². The Morgan fingerprint density at radius 1 is 1.11 bits per heavy atom. The average Bonchev–Trinajstić information content (AvgIpc) is 2.73. The van der Waals surface area contributed by atoms with E-state index in [1.165, 1.54) is 37.9 Å². The number of aliphatic imine (C=N–C) groups is 1. The van der Waals surface area contributed by atoms with Crippen LogP contribution in [0.2, 0.25) is 0 Å². The first-order valence-corrected chi connectivity index (χ1v) is 10.6. The molecular formula is C22H38N4O2. The predicted octanol–water partition coefficient (Wildman–Crippen LogP) is 3.07. The molecule has 0 bridgehead atoms. The highest BCUT2D eigenvalue weighted by Gasteiger charge is 2.17. The molecule has 1 saturated heterocycles. The lowest BCUT2D eigenvalue weighted by molar-refractivity contribution is 0.159. The van der Waals surface area contributed by atoms with Crippen molar-refractivity contribution in [3.63, 3.8) is 0 Å². The second-order valence-corrected chi connectivity index (χ2v) is 7.45. The van der Waals surface area contributed by atoms with Crippen molar-refractivity contribution in [2.45, 2.75) is 51.5 Å². The van der Waals surface area contributed by atoms with Crippen LogP contribution in [0.1, 0.15) is 44.6 Å². The van der Waals surface area contributed by atoms with E-state index in [9.17, 15) is 0 Å². The van der Waals surface area contributed by atoms with E-state index < -0.39 is 0 Å². The molecule has 6 nitrogen and oxygen atoms in total. The van der Waals surface area contributed by atoms with E-state index in [2.05, 4.69) is 33.5 Å². The molecule has 1 heterocycles. The van der Waals surface area contributed by atoms with Crippen molar-refractivity contribution < 1.29 is 9.47 Å². The fraction of sp³-hybridized carbons (Fsp3) is 0.682. The van der Waals surface area contributed by atoms with E-state index in [0.29, 0.717) is 0 Å². The van der Waals surface area contributed by atoms with Crippen LogP contribution in [0.15, 0.2) is 23.2 Å². The van der Waals surface area contributed by atoms with Crippen molar-refractivity contribution in [1.82, 2.24) is 15.5 Å². The molecule has 0 saturated carbocycles. The first-order valence-electron chi connectivity index (χ1n) is 10.6. The Morgan fingerprint density at radius 2 is 1.86 bits per heavy atom. The highest BCUT2D eigenvalue weighted by atomic mass is 16.5. The number of piperidine rings is 1. The topological polar surface area (TPSA) is 58.1 Å². The summed E-state index contributed by atoms with van der Waals surface area (Å²) in [5.74, 6) is 2.44. The van der Waals surface area contributed by atoms with Crippen molar-refractivity contribution >= 4 is 5.96 Å². The fourth-order valence-corrected chi connectivity index (χ4v) is 3.73. The van der Waals surface area contributed by atoms with Gasteiger partial charge >= 0.3 is 0 Å². The first-order chi connectivity index (χ1) is 13.7. The molecule has 6 heteroatoms. The van der Waals surface area contributed by atoms with Crippen molar-refractivity contribution in [3.05, 3.63) is 23.8 Å². The van der Waals surface area contributed by atoms with Gasteiger partial charge in [0, 0.05) is 32.7 Å². The zero-order valence-electron chi connectivity index (χ0n) is 18.1. The summed E-state index contributed by atoms with van der Waals surface area (Å²) in [6.45, 7) is 6.62. The monoisotopic (exact) mass is 390 g/mol. The minimum absolute atomic E-state index is 0.739. The Labute approximate surface area is 170 Å². The van der Waals surface area contributed by atoms with Crippen LogP contribution >= 0.6 is 0 Å². The van der Waals surface area contributed by atoms with E-state index in [0.717, 1.165) is 55.9 Å². The Morgan fingerprint density at radius 3 is 2.54 bits per heavy atom. The van der Waals surface area contributed by atoms with Crippen LogP contribution in [-0.4, -0.2) is 64.3 Å². The number of benzene rings is 1. The summed E-state index contributed by atoms with van der Waals surface area (Å²) in [7, 11) is 5.16. The summed E-state index contributed by atoms with van der Waals surface area (Å²) < 4.78 is 10.7. The van der Waals surface area contributed by atoms with Crippen LogP contribution < -0.4 is 20.1 Å². The lowest BCUT2D eigenvalue weighted by Gasteiger charge is -2.33. The summed E-state index contributed by atoms with van der Waals surface area (Å²) in [6.07, 6.45) is 7.24. The van der Waals surface area contributed by atoms with Crippen LogP contribution in [0.4, 0.5) is 0 Å². The van der Waals surface area contributed by atoms with Gasteiger partial charge in [-0.2, -0.15) is 0 Å². The van der Waals surface area contributed by atoms with Gasteiger partial charge in [0.25, 0.3) is 0 Å². The molecule has 1 unspecified atom stereocenters. The maximum Gasteiger partial charge on any atom is 0.190 e. The van der Waals surface area contributed by atoms with Crippen molar-refractivity contribution in [1.29, 1.82) is 0 Å². The van der Waals surface area contributed by atoms with Gasteiger partial charge in [-0.3, -0.25) is 4.99 Å². The number of likely N-dealkylation sites (tertiary alicyclic amines) is 1. The Hall–Kier alpha value is -1.95. The van der Waals surface area contributed by atoms with Gasteiger partial charge in [-0.25, -0.2) is 0 Å². The van der Waals surface area contributed by atoms with Gasteiger partial charge in [0.15, 0.2) is 17.5 Å². The molecule has 1 aromatic rings. The molecule has 0 aromatic heterocycles. The van der Waals surface area contributed by atoms with Gasteiger partial charge in [-0.1, -0.05) is 12.5 Å². The van der Waals surface area contributed by atoms with Gasteiger partial charge < -0.3 is 25.0 Å². The molecule has 1 aliphatic rings. The number of nitrogens with one attached hydrogen (secondary N) is 2. The minimum Gasteiger partial charge on any atom is -0.493 e. The first kappa shape index (κ1) is 22.3. The third-order valence-electron chi connectivity index (χ3n) is 5.46. The maximum absolute atomic E-state index is 5.37. The molecule has 1 atom stereocenters. The second-order valence-electron chi connectivity index (χ2n) is 7.45. The maximum atomic E-state index is 5.37. The van der Waals surface area contributed by atoms with Crippen LogP contribution in [0.3, 0.4) is 0 Å². The number of ether oxygens (including phenoxy) is 2. The number of guanidine groups is 1. The molecule has 0 spiro atoms. The lowest BCUT2D eigenvalue weighted by Crippen LogP contribution is -2.41. The van der Waals surface area contributed by atoms with Crippen LogP contribution in [0.25, 0.3) is 0 Å². The molecule has 2 rings (SSSR count). The third-order valence-corrected chi connectivity index (χ3v) is 5.46. The summed E-state index contributed by atoms with van der Waals surface area (Å²) in [4.78, 5) is 6.94. The summed E-state index contributed by atoms with van der Waals surface area (Å²) in [6, 6.07) is 6.84. The zero-order valence-corrected chi connectivity index (χ0v) is 18.1. The highest BCUT2D eigenvalue weighted by Crippen LogP contribution is 2.27. The summed E-state index contributed by atoms with van der Waals surface area (Å²) in [5, 5.41) is 6.84. The van der Waals surface area contributed by atoms with Gasteiger partial charge in [0.05, 0.1) is 14.2 Å². The Bertz CT molecular complexity index is 606. The van der Waals surface area contributed by atoms with E-state index >= 15 is 0 Å². The number of nitrogens with zero attached hydrogens (tertiary/aromatic N) is 2. The molecule has 1 fully saturated rings. The van der Waals surface area contributed by atoms with Gasteiger partial charge in [0.1, 0.15) is 0 Å². The van der Waals surface area contributed by atoms with Gasteiger partial charge in [-0.15, -0.1) is 0 Å². The molecular weight excluding hydrogens is 352 g/mol. The smallest absolute Gasteiger partial charge is 0.190 e. The summed E-state index contributed by atoms with van der Waals surface area (Å²) in [5.41, 5.74) is 1.25. The molecule has 158 valence electrons. The van der Waals surface area contributed by atoms with E-state index in [1.54, 1.807) is 14.2 Å². The highest BCUT2D eigenvalue weighted by molar-refractivity contribution is 5.79. The molecule has 0 amide bonds. The van der Waals surface area contributed by atoms with Crippen LogP contribution in [-0.2, 0) is 6.42 Å². The Balaban J connectivity index is 1.61. The third kappa shape index (κ3) is 7.23. The van der Waals surface area contributed by atoms with Gasteiger partial charge in [-0.05, 0) is 63.3 Å². The van der Waals surface area contributed by atoms with Crippen LogP contribution in [0.5, 0.6) is 11.5 Å². The number of hydrogen-bond donors (Lipinski definition) is 2. The fourth-order valence-electron chi connectivity index (χ4n) is 3.73. The molecule has 1 aromatic carbocycles. The quantitative estimate of drug-likeness (QED) is 0.365.